The molecule has 1 saturated heterocycles. The summed E-state index contributed by atoms with van der Waals surface area (Å²) >= 11 is 0. The Bertz CT molecular complexity index is 1210. The molecule has 3 aromatic carbocycles. The van der Waals surface area contributed by atoms with Crippen molar-refractivity contribution in [3.05, 3.63) is 89.7 Å². The molecule has 186 valence electrons. The molecular formula is C27H31Br2FN4O. The van der Waals surface area contributed by atoms with Gasteiger partial charge in [-0.3, -0.25) is 9.88 Å². The van der Waals surface area contributed by atoms with Gasteiger partial charge in [-0.05, 0) is 47.5 Å². The summed E-state index contributed by atoms with van der Waals surface area (Å²) in [5, 5.41) is 11.8. The predicted molar refractivity (Wildman–Crippen MR) is 127 cm³/mol. The van der Waals surface area contributed by atoms with Gasteiger partial charge in [-0.2, -0.15) is 4.98 Å². The second-order valence-corrected chi connectivity index (χ2v) is 9.09. The molecule has 0 bridgehead atoms. The number of hydrogen-bond donors (Lipinski definition) is 3. The number of halogens is 3. The van der Waals surface area contributed by atoms with E-state index >= 15 is 0 Å². The second kappa shape index (κ2) is 12.6. The Kier molecular flexibility index (Phi) is 9.86. The first-order valence-electron chi connectivity index (χ1n) is 11.8. The second-order valence-electron chi connectivity index (χ2n) is 9.09. The number of nitrogens with zero attached hydrogens (tertiary/aromatic N) is 2. The molecule has 0 atom stereocenters. The van der Waals surface area contributed by atoms with Gasteiger partial charge in [0, 0.05) is 19.3 Å². The van der Waals surface area contributed by atoms with Gasteiger partial charge in [0.15, 0.2) is 0 Å². The molecule has 0 spiro atoms. The summed E-state index contributed by atoms with van der Waals surface area (Å²) in [6.45, 7) is 4.14. The summed E-state index contributed by atoms with van der Waals surface area (Å²) < 4.78 is 15.6. The number of phenolic OH excluding ortho intramolecular Hbond substituents is 1. The first-order valence-corrected chi connectivity index (χ1v) is 11.8. The molecule has 0 unspecified atom stereocenters. The number of piperidine rings is 1. The molecule has 5 nitrogen and oxygen atoms in total. The molecule has 4 N–H and O–H groups in total. The Hall–Kier alpha value is -2.26. The number of para-hydroxylation sites is 2. The van der Waals surface area contributed by atoms with Crippen LogP contribution in [-0.2, 0) is 13.0 Å². The lowest BCUT2D eigenvalue weighted by Crippen LogP contribution is -3.14. The molecule has 0 amide bonds. The minimum atomic E-state index is -0.208. The molecule has 5 rings (SSSR count). The fourth-order valence-corrected chi connectivity index (χ4v) is 4.82. The zero-order valence-corrected chi connectivity index (χ0v) is 22.7. The third-order valence-corrected chi connectivity index (χ3v) is 6.76. The Morgan fingerprint density at radius 2 is 1.57 bits per heavy atom. The number of fused-ring (bicyclic) bond motifs is 1. The van der Waals surface area contributed by atoms with Gasteiger partial charge in [0.05, 0.1) is 37.2 Å². The average Bonchev–Trinajstić information content (AvgIpc) is 3.18. The Morgan fingerprint density at radius 3 is 2.29 bits per heavy atom. The van der Waals surface area contributed by atoms with Crippen molar-refractivity contribution in [2.75, 3.05) is 19.6 Å². The van der Waals surface area contributed by atoms with Crippen molar-refractivity contribution < 1.29 is 53.7 Å². The number of likely N-dealkylation sites (tertiary alicyclic amines) is 1. The van der Waals surface area contributed by atoms with Crippen LogP contribution in [0.15, 0.2) is 72.8 Å². The number of quaternary nitrogens is 2. The summed E-state index contributed by atoms with van der Waals surface area (Å²) in [7, 11) is 0. The van der Waals surface area contributed by atoms with Gasteiger partial charge in [0.25, 0.3) is 0 Å². The Morgan fingerprint density at radius 1 is 0.914 bits per heavy atom. The third kappa shape index (κ3) is 6.91. The van der Waals surface area contributed by atoms with E-state index in [9.17, 15) is 9.50 Å². The van der Waals surface area contributed by atoms with Crippen molar-refractivity contribution in [2.45, 2.75) is 31.8 Å². The lowest BCUT2D eigenvalue weighted by molar-refractivity contribution is -0.911. The summed E-state index contributed by atoms with van der Waals surface area (Å²) in [5.74, 6) is 1.13. The number of benzene rings is 3. The van der Waals surface area contributed by atoms with Crippen molar-refractivity contribution in [1.29, 1.82) is 0 Å². The normalized spacial score (nSPS) is 17.5. The van der Waals surface area contributed by atoms with Crippen molar-refractivity contribution in [3.8, 4) is 5.75 Å². The lowest BCUT2D eigenvalue weighted by atomic mass is 10.0. The highest BCUT2D eigenvalue weighted by Gasteiger charge is 2.27. The van der Waals surface area contributed by atoms with E-state index in [0.29, 0.717) is 18.3 Å². The monoisotopic (exact) mass is 604 g/mol. The molecule has 8 heteroatoms. The van der Waals surface area contributed by atoms with Gasteiger partial charge in [0.1, 0.15) is 17.6 Å². The fourth-order valence-electron chi connectivity index (χ4n) is 4.82. The van der Waals surface area contributed by atoms with E-state index < -0.39 is 0 Å². The minimum Gasteiger partial charge on any atom is -1.00 e. The number of aromatic hydroxyl groups is 1. The van der Waals surface area contributed by atoms with Crippen LogP contribution in [0.1, 0.15) is 24.0 Å². The molecule has 0 radical (unpaired) electrons. The van der Waals surface area contributed by atoms with Gasteiger partial charge >= 0.3 is 5.95 Å². The first kappa shape index (κ1) is 27.3. The summed E-state index contributed by atoms with van der Waals surface area (Å²) in [6.07, 6.45) is 3.35. The smallest absolute Gasteiger partial charge is 0.307 e. The highest BCUT2D eigenvalue weighted by molar-refractivity contribution is 5.77. The summed E-state index contributed by atoms with van der Waals surface area (Å²) in [4.78, 5) is 6.57. The fraction of sp³-hybridized carbons (Fsp3) is 0.296. The van der Waals surface area contributed by atoms with Crippen LogP contribution in [0.4, 0.5) is 10.3 Å². The molecule has 35 heavy (non-hydrogen) atoms. The average molecular weight is 606 g/mol. The largest absolute Gasteiger partial charge is 1.00 e. The van der Waals surface area contributed by atoms with Crippen molar-refractivity contribution in [1.82, 2.24) is 9.55 Å². The maximum Gasteiger partial charge on any atom is 0.307 e. The molecule has 2 heterocycles. The maximum absolute atomic E-state index is 13.4. The summed E-state index contributed by atoms with van der Waals surface area (Å²) in [6, 6.07) is 23.1. The molecular weight excluding hydrogens is 575 g/mol. The van der Waals surface area contributed by atoms with E-state index in [4.69, 9.17) is 4.98 Å². The molecule has 0 aliphatic carbocycles. The van der Waals surface area contributed by atoms with E-state index in [0.717, 1.165) is 61.4 Å². The number of phenols is 1. The van der Waals surface area contributed by atoms with Crippen molar-refractivity contribution in [3.63, 3.8) is 0 Å². The van der Waals surface area contributed by atoms with Crippen molar-refractivity contribution >= 4 is 17.0 Å². The standard InChI is InChI=1S/C27H29FN4O.2BrH/c28-22-9-5-21(6-10-22)19-32-26-4-2-1-3-25(26)30-27(32)29-23-14-17-31(18-15-23)16-13-20-7-11-24(33)12-8-20;;/h1-12,23,33H,13-19H2,(H,29,30);2*1H. The van der Waals surface area contributed by atoms with Crippen molar-refractivity contribution in [2.24, 2.45) is 0 Å². The van der Waals surface area contributed by atoms with Gasteiger partial charge < -0.3 is 44.0 Å². The van der Waals surface area contributed by atoms with Crippen LogP contribution in [0, 0.1) is 5.82 Å². The van der Waals surface area contributed by atoms with Gasteiger partial charge in [0.2, 0.25) is 0 Å². The van der Waals surface area contributed by atoms with Gasteiger partial charge in [-0.1, -0.05) is 36.4 Å². The van der Waals surface area contributed by atoms with Crippen LogP contribution >= 0.6 is 0 Å². The maximum atomic E-state index is 13.4. The number of imidazole rings is 1. The summed E-state index contributed by atoms with van der Waals surface area (Å²) in [5.41, 5.74) is 4.47. The van der Waals surface area contributed by atoms with E-state index in [2.05, 4.69) is 22.0 Å². The van der Waals surface area contributed by atoms with E-state index in [1.165, 1.54) is 17.7 Å². The predicted octanol–water partition coefficient (Wildman–Crippen LogP) is -3.58. The lowest BCUT2D eigenvalue weighted by Gasteiger charge is -2.27. The molecule has 1 fully saturated rings. The van der Waals surface area contributed by atoms with E-state index in [-0.39, 0.29) is 39.8 Å². The minimum absolute atomic E-state index is 0. The number of hydrogen-bond acceptors (Lipinski definition) is 2. The van der Waals surface area contributed by atoms with Crippen LogP contribution in [0.25, 0.3) is 11.0 Å². The van der Waals surface area contributed by atoms with E-state index in [1.807, 2.05) is 36.4 Å². The molecule has 0 saturated carbocycles. The van der Waals surface area contributed by atoms with Crippen LogP contribution in [-0.4, -0.2) is 40.3 Å². The Balaban J connectivity index is 0.00000171. The topological polar surface area (TPSA) is 59.1 Å². The molecule has 1 aromatic heterocycles. The third-order valence-electron chi connectivity index (χ3n) is 6.76. The number of aromatic nitrogens is 2. The van der Waals surface area contributed by atoms with Gasteiger partial charge in [-0.15, -0.1) is 0 Å². The zero-order valence-electron chi connectivity index (χ0n) is 19.5. The van der Waals surface area contributed by atoms with Crippen LogP contribution in [0.3, 0.4) is 0 Å². The van der Waals surface area contributed by atoms with Crippen LogP contribution in [0.5, 0.6) is 5.75 Å². The number of rotatable bonds is 7. The Labute approximate surface area is 226 Å². The first-order chi connectivity index (χ1) is 16.1. The zero-order chi connectivity index (χ0) is 22.6. The quantitative estimate of drug-likeness (QED) is 0.204. The highest BCUT2D eigenvalue weighted by Crippen LogP contribution is 2.19. The number of nitrogens with one attached hydrogen (secondary N) is 1. The SMILES string of the molecule is Oc1ccc(CC[NH+]2CCC([NH2+]c3nc4ccccc4n3Cc3ccc(F)cc3)CC2)cc1.[Br-].[Br-]. The number of nitrogens with two attached hydrogens (primary N) is 1. The van der Waals surface area contributed by atoms with Crippen LogP contribution < -0.4 is 44.2 Å². The van der Waals surface area contributed by atoms with Gasteiger partial charge in [-0.25, -0.2) is 4.39 Å². The van der Waals surface area contributed by atoms with Crippen LogP contribution in [0.2, 0.25) is 0 Å². The van der Waals surface area contributed by atoms with E-state index in [1.54, 1.807) is 17.0 Å². The molecule has 1 aliphatic rings. The highest BCUT2D eigenvalue weighted by atomic mass is 79.9. The molecule has 4 aromatic rings. The molecule has 1 aliphatic heterocycles.